The molecule has 0 fully saturated rings. The molecule has 0 saturated carbocycles. The summed E-state index contributed by atoms with van der Waals surface area (Å²) in [5.74, 6) is -0.404. The van der Waals surface area contributed by atoms with Crippen LogP contribution in [0.1, 0.15) is 24.0 Å². The standard InChI is InChI=1S/C20H23FN4O2S/c1-25(27-2)19(26)24-20(14-7-4-3-5-8-14)11-6-12-23-17-10-9-15(21)13-16(17)18(22)28-20/h3-5,7-10,13,22-23H,6,11-12H2,1-2H3,(H,24,26)/t20-/m0/s1. The Labute approximate surface area is 167 Å². The molecule has 1 aliphatic heterocycles. The zero-order valence-corrected chi connectivity index (χ0v) is 16.6. The normalized spacial score (nSPS) is 19.5. The molecule has 0 radical (unpaired) electrons. The molecule has 8 heteroatoms. The second kappa shape index (κ2) is 8.62. The van der Waals surface area contributed by atoms with Gasteiger partial charge in [-0.2, -0.15) is 0 Å². The first kappa shape index (κ1) is 20.2. The number of nitrogens with zero attached hydrogens (tertiary/aromatic N) is 1. The van der Waals surface area contributed by atoms with Gasteiger partial charge in [-0.05, 0) is 36.6 Å². The zero-order valence-electron chi connectivity index (χ0n) is 15.8. The third-order valence-electron chi connectivity index (χ3n) is 4.63. The van der Waals surface area contributed by atoms with Gasteiger partial charge in [0.1, 0.15) is 10.7 Å². The van der Waals surface area contributed by atoms with Crippen molar-refractivity contribution in [3.05, 3.63) is 65.5 Å². The first-order chi connectivity index (χ1) is 13.4. The van der Waals surface area contributed by atoms with E-state index in [4.69, 9.17) is 10.2 Å². The van der Waals surface area contributed by atoms with Crippen LogP contribution in [0.15, 0.2) is 48.5 Å². The van der Waals surface area contributed by atoms with E-state index in [9.17, 15) is 9.18 Å². The number of urea groups is 1. The molecule has 2 aromatic carbocycles. The number of hydroxylamine groups is 2. The van der Waals surface area contributed by atoms with Gasteiger partial charge in [-0.1, -0.05) is 42.1 Å². The number of carbonyl (C=O) groups is 1. The van der Waals surface area contributed by atoms with Gasteiger partial charge >= 0.3 is 6.03 Å². The Bertz CT molecular complexity index is 865. The number of hydrogen-bond donors (Lipinski definition) is 3. The summed E-state index contributed by atoms with van der Waals surface area (Å²) in [6, 6.07) is 13.5. The van der Waals surface area contributed by atoms with Crippen LogP contribution in [-0.4, -0.2) is 36.8 Å². The van der Waals surface area contributed by atoms with Crippen molar-refractivity contribution in [2.24, 2.45) is 0 Å². The molecule has 0 saturated heterocycles. The molecule has 148 valence electrons. The van der Waals surface area contributed by atoms with Gasteiger partial charge in [-0.3, -0.25) is 10.2 Å². The fourth-order valence-electron chi connectivity index (χ4n) is 3.10. The number of nitrogens with one attached hydrogen (secondary N) is 3. The van der Waals surface area contributed by atoms with Gasteiger partial charge in [-0.25, -0.2) is 14.2 Å². The van der Waals surface area contributed by atoms with Crippen LogP contribution < -0.4 is 10.6 Å². The first-order valence-electron chi connectivity index (χ1n) is 8.92. The fraction of sp³-hybridized carbons (Fsp3) is 0.300. The molecule has 0 unspecified atom stereocenters. The highest BCUT2D eigenvalue weighted by atomic mass is 32.2. The molecule has 2 aromatic rings. The summed E-state index contributed by atoms with van der Waals surface area (Å²) in [6.45, 7) is 0.636. The summed E-state index contributed by atoms with van der Waals surface area (Å²) in [5, 5.41) is 16.2. The lowest BCUT2D eigenvalue weighted by Gasteiger charge is -2.35. The van der Waals surface area contributed by atoms with Crippen LogP contribution in [0.25, 0.3) is 0 Å². The predicted octanol–water partition coefficient (Wildman–Crippen LogP) is 4.15. The van der Waals surface area contributed by atoms with E-state index >= 15 is 0 Å². The molecule has 0 spiro atoms. The molecule has 3 rings (SSSR count). The minimum absolute atomic E-state index is 0.174. The van der Waals surface area contributed by atoms with Crippen LogP contribution in [0.4, 0.5) is 14.9 Å². The average Bonchev–Trinajstić information content (AvgIpc) is 2.77. The predicted molar refractivity (Wildman–Crippen MR) is 110 cm³/mol. The summed E-state index contributed by atoms with van der Waals surface area (Å²) in [6.07, 6.45) is 1.32. The molecule has 1 atom stereocenters. The number of fused-ring (bicyclic) bond motifs is 1. The Kier molecular flexibility index (Phi) is 6.21. The van der Waals surface area contributed by atoms with Gasteiger partial charge < -0.3 is 10.6 Å². The lowest BCUT2D eigenvalue weighted by atomic mass is 10.0. The maximum Gasteiger partial charge on any atom is 0.342 e. The number of rotatable bonds is 3. The highest BCUT2D eigenvalue weighted by Gasteiger charge is 2.38. The second-order valence-corrected chi connectivity index (χ2v) is 7.76. The van der Waals surface area contributed by atoms with Crippen LogP contribution in [0.3, 0.4) is 0 Å². The van der Waals surface area contributed by atoms with Crippen molar-refractivity contribution in [2.45, 2.75) is 17.7 Å². The van der Waals surface area contributed by atoms with Crippen LogP contribution >= 0.6 is 11.8 Å². The van der Waals surface area contributed by atoms with Gasteiger partial charge in [-0.15, -0.1) is 0 Å². The van der Waals surface area contributed by atoms with E-state index in [1.807, 2.05) is 30.3 Å². The molecular formula is C20H23FN4O2S. The molecular weight excluding hydrogens is 379 g/mol. The van der Waals surface area contributed by atoms with E-state index in [0.29, 0.717) is 24.2 Å². The minimum Gasteiger partial charge on any atom is -0.384 e. The highest BCUT2D eigenvalue weighted by molar-refractivity contribution is 8.15. The number of thioether (sulfide) groups is 1. The number of hydrogen-bond acceptors (Lipinski definition) is 5. The summed E-state index contributed by atoms with van der Waals surface area (Å²) in [7, 11) is 2.93. The number of halogens is 1. The van der Waals surface area contributed by atoms with E-state index in [2.05, 4.69) is 10.6 Å². The van der Waals surface area contributed by atoms with Crippen LogP contribution in [0.5, 0.6) is 0 Å². The van der Waals surface area contributed by atoms with Crippen molar-refractivity contribution in [3.63, 3.8) is 0 Å². The van der Waals surface area contributed by atoms with Crippen molar-refractivity contribution in [1.82, 2.24) is 10.4 Å². The Balaban J connectivity index is 2.05. The SMILES string of the molecule is CON(C)C(=O)N[C@@]1(c2ccccc2)CCCNc2ccc(F)cc2C(=N)S1. The lowest BCUT2D eigenvalue weighted by molar-refractivity contribution is -0.0660. The fourth-order valence-corrected chi connectivity index (χ4v) is 4.37. The van der Waals surface area contributed by atoms with Gasteiger partial charge in [0.15, 0.2) is 0 Å². The third-order valence-corrected chi connectivity index (χ3v) is 5.95. The Morgan fingerprint density at radius 1 is 1.32 bits per heavy atom. The zero-order chi connectivity index (χ0) is 20.1. The van der Waals surface area contributed by atoms with Gasteiger partial charge in [0.2, 0.25) is 0 Å². The van der Waals surface area contributed by atoms with E-state index in [-0.39, 0.29) is 5.04 Å². The lowest BCUT2D eigenvalue weighted by Crippen LogP contribution is -2.49. The summed E-state index contributed by atoms with van der Waals surface area (Å²) < 4.78 is 13.9. The Morgan fingerprint density at radius 2 is 2.07 bits per heavy atom. The molecule has 6 nitrogen and oxygen atoms in total. The number of carbonyl (C=O) groups excluding carboxylic acids is 1. The Hall–Kier alpha value is -2.58. The van der Waals surface area contributed by atoms with E-state index in [0.717, 1.165) is 17.0 Å². The molecule has 0 bridgehead atoms. The van der Waals surface area contributed by atoms with Gasteiger partial charge in [0.25, 0.3) is 0 Å². The van der Waals surface area contributed by atoms with E-state index < -0.39 is 16.7 Å². The molecule has 0 aliphatic carbocycles. The highest BCUT2D eigenvalue weighted by Crippen LogP contribution is 2.42. The van der Waals surface area contributed by atoms with Crippen molar-refractivity contribution in [3.8, 4) is 0 Å². The summed E-state index contributed by atoms with van der Waals surface area (Å²) in [5.41, 5.74) is 2.05. The summed E-state index contributed by atoms with van der Waals surface area (Å²) >= 11 is 1.20. The first-order valence-corrected chi connectivity index (χ1v) is 9.74. The van der Waals surface area contributed by atoms with Crippen molar-refractivity contribution >= 4 is 28.5 Å². The molecule has 0 aromatic heterocycles. The Morgan fingerprint density at radius 3 is 2.79 bits per heavy atom. The maximum atomic E-state index is 13.9. The topological polar surface area (TPSA) is 77.5 Å². The molecule has 1 aliphatic rings. The molecule has 2 amide bonds. The summed E-state index contributed by atoms with van der Waals surface area (Å²) in [4.78, 5) is 16.8. The quantitative estimate of drug-likeness (QED) is 0.674. The van der Waals surface area contributed by atoms with Crippen molar-refractivity contribution in [2.75, 3.05) is 26.0 Å². The van der Waals surface area contributed by atoms with E-state index in [1.54, 1.807) is 6.07 Å². The minimum atomic E-state index is -0.891. The number of amides is 2. The van der Waals surface area contributed by atoms with Crippen LogP contribution in [-0.2, 0) is 9.71 Å². The van der Waals surface area contributed by atoms with Crippen LogP contribution in [0, 0.1) is 11.2 Å². The molecule has 1 heterocycles. The van der Waals surface area contributed by atoms with Crippen LogP contribution in [0.2, 0.25) is 0 Å². The van der Waals surface area contributed by atoms with Crippen molar-refractivity contribution in [1.29, 1.82) is 5.41 Å². The maximum absolute atomic E-state index is 13.9. The van der Waals surface area contributed by atoms with Gasteiger partial charge in [0, 0.05) is 24.8 Å². The largest absolute Gasteiger partial charge is 0.384 e. The molecule has 28 heavy (non-hydrogen) atoms. The van der Waals surface area contributed by atoms with E-state index in [1.165, 1.54) is 38.1 Å². The smallest absolute Gasteiger partial charge is 0.342 e. The van der Waals surface area contributed by atoms with Crippen molar-refractivity contribution < 1.29 is 14.0 Å². The number of benzene rings is 2. The number of anilines is 1. The average molecular weight is 402 g/mol. The van der Waals surface area contributed by atoms with Gasteiger partial charge in [0.05, 0.1) is 12.2 Å². The second-order valence-electron chi connectivity index (χ2n) is 6.45. The molecule has 3 N–H and O–H groups in total. The monoisotopic (exact) mass is 402 g/mol. The third kappa shape index (κ3) is 4.28.